The number of benzene rings is 2. The normalized spacial score (nSPS) is 35.6. The first kappa shape index (κ1) is 39.1. The fourth-order valence-electron chi connectivity index (χ4n) is 10.5. The molecule has 3 fully saturated rings. The van der Waals surface area contributed by atoms with Crippen LogP contribution in [0.3, 0.4) is 0 Å². The SMILES string of the molecule is CO[C@@]1(CN2CCN3CCC(F)(F)C[C@H]3C2)/C=C/C[C@H](C)[C@@H](C)S(=O)(=O)NC(=O)c2ccc3c(c2)N(C[C@@H]2CC[C@H]21)C[C@@]1(CCCc2cc(Cl)ccc21)CO3. The molecule has 1 spiro atoms. The summed E-state index contributed by atoms with van der Waals surface area (Å²) in [6, 6.07) is 11.2. The summed E-state index contributed by atoms with van der Waals surface area (Å²) in [6.07, 6.45) is 9.25. The van der Waals surface area contributed by atoms with Crippen molar-refractivity contribution in [3.63, 3.8) is 0 Å². The Balaban J connectivity index is 1.18. The highest BCUT2D eigenvalue weighted by atomic mass is 35.5. The number of ether oxygens (including phenoxy) is 2. The molecule has 0 aromatic heterocycles. The average molecular weight is 801 g/mol. The third-order valence-corrected chi connectivity index (χ3v) is 16.2. The molecule has 4 heterocycles. The van der Waals surface area contributed by atoms with Crippen LogP contribution in [0.2, 0.25) is 5.02 Å². The van der Waals surface area contributed by atoms with Gasteiger partial charge in [0.15, 0.2) is 0 Å². The van der Waals surface area contributed by atoms with Gasteiger partial charge in [0, 0.05) is 87.8 Å². The van der Waals surface area contributed by atoms with Crippen molar-refractivity contribution in [3.05, 3.63) is 70.3 Å². The van der Waals surface area contributed by atoms with Gasteiger partial charge in [0.25, 0.3) is 11.8 Å². The van der Waals surface area contributed by atoms with Crippen LogP contribution < -0.4 is 14.4 Å². The topological polar surface area (TPSA) is 91.4 Å². The molecule has 2 aromatic rings. The minimum Gasteiger partial charge on any atom is -0.490 e. The van der Waals surface area contributed by atoms with E-state index < -0.39 is 32.7 Å². The third-order valence-electron chi connectivity index (χ3n) is 14.1. The molecule has 4 aliphatic heterocycles. The fourth-order valence-corrected chi connectivity index (χ4v) is 12.0. The van der Waals surface area contributed by atoms with E-state index in [1.165, 1.54) is 11.1 Å². The Kier molecular flexibility index (Phi) is 10.6. The number of carbonyl (C=O) groups is 1. The van der Waals surface area contributed by atoms with Crippen molar-refractivity contribution < 1.29 is 31.5 Å². The molecule has 1 amide bonds. The molecule has 2 aromatic carbocycles. The molecular weight excluding hydrogens is 746 g/mol. The van der Waals surface area contributed by atoms with Gasteiger partial charge in [-0.05, 0) is 105 Å². The lowest BCUT2D eigenvalue weighted by atomic mass is 9.63. The zero-order chi connectivity index (χ0) is 38.8. The molecule has 2 bridgehead atoms. The van der Waals surface area contributed by atoms with E-state index in [0.717, 1.165) is 50.9 Å². The van der Waals surface area contributed by atoms with E-state index in [4.69, 9.17) is 21.1 Å². The molecule has 0 unspecified atom stereocenters. The molecule has 55 heavy (non-hydrogen) atoms. The van der Waals surface area contributed by atoms with E-state index in [1.54, 1.807) is 32.2 Å². The Labute approximate surface area is 329 Å². The quantitative estimate of drug-likeness (QED) is 0.344. The lowest BCUT2D eigenvalue weighted by molar-refractivity contribution is -0.119. The molecule has 2 aliphatic carbocycles. The van der Waals surface area contributed by atoms with E-state index >= 15 is 0 Å². The lowest BCUT2D eigenvalue weighted by Gasteiger charge is -2.53. The van der Waals surface area contributed by atoms with Crippen molar-refractivity contribution in [2.24, 2.45) is 17.8 Å². The Bertz CT molecular complexity index is 1930. The first-order valence-electron chi connectivity index (χ1n) is 20.1. The van der Waals surface area contributed by atoms with Gasteiger partial charge >= 0.3 is 0 Å². The number of carbonyl (C=O) groups excluding carboxylic acids is 1. The van der Waals surface area contributed by atoms with E-state index in [2.05, 4.69) is 37.6 Å². The van der Waals surface area contributed by atoms with Crippen LogP contribution in [0, 0.1) is 17.8 Å². The number of nitrogens with one attached hydrogen (secondary N) is 1. The maximum atomic E-state index is 14.6. The maximum Gasteiger partial charge on any atom is 0.264 e. The molecule has 1 saturated carbocycles. The van der Waals surface area contributed by atoms with Gasteiger partial charge in [-0.1, -0.05) is 36.7 Å². The highest BCUT2D eigenvalue weighted by Gasteiger charge is 2.51. The van der Waals surface area contributed by atoms with Crippen LogP contribution in [0.1, 0.15) is 80.3 Å². The minimum atomic E-state index is -4.02. The number of hydrogen-bond donors (Lipinski definition) is 1. The number of allylic oxidation sites excluding steroid dienone is 1. The number of fused-ring (bicyclic) bond motifs is 5. The largest absolute Gasteiger partial charge is 0.490 e. The summed E-state index contributed by atoms with van der Waals surface area (Å²) in [5.41, 5.74) is 2.47. The molecule has 1 N–H and O–H groups in total. The van der Waals surface area contributed by atoms with Gasteiger partial charge in [-0.15, -0.1) is 0 Å². The van der Waals surface area contributed by atoms with Crippen molar-refractivity contribution in [2.45, 2.75) is 93.4 Å². The summed E-state index contributed by atoms with van der Waals surface area (Å²) in [5.74, 6) is -2.59. The fraction of sp³-hybridized carbons (Fsp3) is 0.643. The van der Waals surface area contributed by atoms with E-state index in [-0.39, 0.29) is 47.6 Å². The minimum absolute atomic E-state index is 0.0826. The Morgan fingerprint density at radius 3 is 2.67 bits per heavy atom. The summed E-state index contributed by atoms with van der Waals surface area (Å²) in [5, 5.41) is -0.128. The maximum absolute atomic E-state index is 14.6. The van der Waals surface area contributed by atoms with Crippen LogP contribution in [-0.2, 0) is 26.6 Å². The Hall–Kier alpha value is -2.77. The van der Waals surface area contributed by atoms with Crippen LogP contribution in [-0.4, -0.2) is 106 Å². The van der Waals surface area contributed by atoms with Crippen molar-refractivity contribution in [1.82, 2.24) is 14.5 Å². The third kappa shape index (κ3) is 7.55. The monoisotopic (exact) mass is 800 g/mol. The molecule has 2 saturated heterocycles. The number of piperazine rings is 1. The van der Waals surface area contributed by atoms with Gasteiger partial charge in [-0.25, -0.2) is 21.9 Å². The number of hydrogen-bond acceptors (Lipinski definition) is 8. The predicted molar refractivity (Wildman–Crippen MR) is 211 cm³/mol. The zero-order valence-corrected chi connectivity index (χ0v) is 33.8. The zero-order valence-electron chi connectivity index (χ0n) is 32.2. The van der Waals surface area contributed by atoms with Crippen LogP contribution in [0.15, 0.2) is 48.6 Å². The second-order valence-electron chi connectivity index (χ2n) is 17.4. The highest BCUT2D eigenvalue weighted by molar-refractivity contribution is 7.90. The van der Waals surface area contributed by atoms with Gasteiger partial charge in [-0.2, -0.15) is 0 Å². The van der Waals surface area contributed by atoms with Crippen LogP contribution in [0.25, 0.3) is 0 Å². The molecule has 6 aliphatic rings. The van der Waals surface area contributed by atoms with Crippen molar-refractivity contribution in [2.75, 3.05) is 64.4 Å². The number of rotatable bonds is 3. The first-order valence-corrected chi connectivity index (χ1v) is 22.1. The van der Waals surface area contributed by atoms with Crippen LogP contribution in [0.5, 0.6) is 5.75 Å². The van der Waals surface area contributed by atoms with Crippen LogP contribution >= 0.6 is 11.6 Å². The number of nitrogens with zero attached hydrogens (tertiary/aromatic N) is 3. The van der Waals surface area contributed by atoms with E-state index in [1.807, 2.05) is 19.1 Å². The molecule has 7 atom stereocenters. The molecule has 9 nitrogen and oxygen atoms in total. The lowest BCUT2D eigenvalue weighted by Crippen LogP contribution is -2.62. The predicted octanol–water partition coefficient (Wildman–Crippen LogP) is 6.68. The van der Waals surface area contributed by atoms with E-state index in [9.17, 15) is 22.0 Å². The summed E-state index contributed by atoms with van der Waals surface area (Å²) >= 11 is 6.49. The molecule has 300 valence electrons. The molecule has 8 rings (SSSR count). The smallest absolute Gasteiger partial charge is 0.264 e. The summed E-state index contributed by atoms with van der Waals surface area (Å²) in [4.78, 5) is 20.6. The van der Waals surface area contributed by atoms with Gasteiger partial charge < -0.3 is 14.4 Å². The number of methoxy groups -OCH3 is 1. The number of aryl methyl sites for hydroxylation is 1. The number of piperidine rings is 1. The Morgan fingerprint density at radius 2 is 1.89 bits per heavy atom. The second kappa shape index (κ2) is 14.9. The number of alkyl halides is 2. The van der Waals surface area contributed by atoms with Crippen molar-refractivity contribution >= 4 is 33.2 Å². The summed E-state index contributed by atoms with van der Waals surface area (Å²) < 4.78 is 72.2. The van der Waals surface area contributed by atoms with Crippen molar-refractivity contribution in [3.8, 4) is 5.75 Å². The van der Waals surface area contributed by atoms with Gasteiger partial charge in [-0.3, -0.25) is 14.6 Å². The standard InChI is InChI=1S/C42H55ClF2N4O5S/c1-28-6-4-15-41(53-3,26-47-18-19-48-17-16-42(44,45)22-34(48)24-47)36-11-8-32(36)23-49-25-40(14-5-7-30-20-33(43)10-12-35(30)40)27-54-38-13-9-31(21-37(38)49)39(50)46-55(51,52)29(28)2/h4,9-10,12-13,15,20-21,28-29,32,34,36H,5-8,11,14,16-19,22-27H2,1-3H3,(H,46,50)/b15-4+/t28-,29+,32-,34-,36+,40-,41+/m0/s1. The molecule has 0 radical (unpaired) electrons. The summed E-state index contributed by atoms with van der Waals surface area (Å²) in [6.45, 7) is 8.40. The van der Waals surface area contributed by atoms with Crippen LogP contribution in [0.4, 0.5) is 14.5 Å². The Morgan fingerprint density at radius 1 is 1.05 bits per heavy atom. The summed E-state index contributed by atoms with van der Waals surface area (Å²) in [7, 11) is -2.26. The number of anilines is 1. The molecule has 13 heteroatoms. The average Bonchev–Trinajstić information content (AvgIpc) is 3.28. The van der Waals surface area contributed by atoms with Gasteiger partial charge in [0.1, 0.15) is 11.4 Å². The molecular formula is C42H55ClF2N4O5S. The van der Waals surface area contributed by atoms with Crippen molar-refractivity contribution in [1.29, 1.82) is 0 Å². The second-order valence-corrected chi connectivity index (χ2v) is 19.9. The van der Waals surface area contributed by atoms with Gasteiger partial charge in [0.2, 0.25) is 10.0 Å². The number of amides is 1. The van der Waals surface area contributed by atoms with E-state index in [0.29, 0.717) is 56.5 Å². The highest BCUT2D eigenvalue weighted by Crippen LogP contribution is 2.49. The van der Waals surface area contributed by atoms with Gasteiger partial charge in [0.05, 0.1) is 17.5 Å². The first-order chi connectivity index (χ1) is 26.2. The number of halogens is 3. The number of sulfonamides is 1.